The first-order chi connectivity index (χ1) is 13.6. The van der Waals surface area contributed by atoms with E-state index in [-0.39, 0.29) is 12.3 Å². The van der Waals surface area contributed by atoms with E-state index in [1.54, 1.807) is 0 Å². The second-order valence-corrected chi connectivity index (χ2v) is 7.01. The van der Waals surface area contributed by atoms with Gasteiger partial charge in [-0.2, -0.15) is 0 Å². The number of hydrogen-bond acceptors (Lipinski definition) is 2. The van der Waals surface area contributed by atoms with Crippen LogP contribution < -0.4 is 5.32 Å². The fourth-order valence-electron chi connectivity index (χ4n) is 3.07. The van der Waals surface area contributed by atoms with Crippen LogP contribution in [0.15, 0.2) is 60.2 Å². The van der Waals surface area contributed by atoms with E-state index in [0.717, 1.165) is 49.7 Å². The summed E-state index contributed by atoms with van der Waals surface area (Å²) in [6.45, 7) is 6.68. The Balaban J connectivity index is 2.41. The van der Waals surface area contributed by atoms with Gasteiger partial charge in [-0.15, -0.1) is 0 Å². The van der Waals surface area contributed by atoms with Crippen molar-refractivity contribution < 1.29 is 9.90 Å². The molecule has 1 amide bonds. The van der Waals surface area contributed by atoms with Gasteiger partial charge in [0.1, 0.15) is 0 Å². The number of carbonyl (C=O) groups is 1. The van der Waals surface area contributed by atoms with Gasteiger partial charge in [0.05, 0.1) is 12.5 Å². The predicted octanol–water partition coefficient (Wildman–Crippen LogP) is 5.65. The lowest BCUT2D eigenvalue weighted by Gasteiger charge is -2.14. The Hall–Kier alpha value is -2.13. The average Bonchev–Trinajstić information content (AvgIpc) is 2.70. The van der Waals surface area contributed by atoms with Crippen LogP contribution in [0.2, 0.25) is 0 Å². The molecule has 0 bridgehead atoms. The van der Waals surface area contributed by atoms with Crippen LogP contribution in [0, 0.1) is 0 Å². The first-order valence-corrected chi connectivity index (χ1v) is 10.6. The molecule has 154 valence electrons. The standard InChI is InChI=1S/C25H37NO2/c1-4-7-8-9-10-11-12-15-21-16-13-17-22(18-21)20-26-25(28)19-24(27)23(6-3)14-5-2/h7-10,13-14,16-18,24,27H,4-6,11-12,15,19-20H2,1-3H3,(H,26,28)/b8-7-,10-9-,23-14+. The Labute approximate surface area is 171 Å². The number of rotatable bonds is 13. The molecule has 0 radical (unpaired) electrons. The van der Waals surface area contributed by atoms with Crippen LogP contribution in [0.1, 0.15) is 70.4 Å². The maximum absolute atomic E-state index is 12.1. The highest BCUT2D eigenvalue weighted by molar-refractivity contribution is 5.76. The Morgan fingerprint density at radius 1 is 1.11 bits per heavy atom. The van der Waals surface area contributed by atoms with Crippen molar-refractivity contribution in [1.82, 2.24) is 5.32 Å². The molecular formula is C25H37NO2. The molecule has 0 aromatic heterocycles. The van der Waals surface area contributed by atoms with E-state index in [1.807, 2.05) is 32.1 Å². The number of carbonyl (C=O) groups excluding carboxylic acids is 1. The first-order valence-electron chi connectivity index (χ1n) is 10.6. The van der Waals surface area contributed by atoms with Crippen molar-refractivity contribution in [2.45, 2.75) is 78.4 Å². The average molecular weight is 384 g/mol. The molecule has 0 aliphatic rings. The molecule has 0 heterocycles. The lowest BCUT2D eigenvalue weighted by Crippen LogP contribution is -2.27. The van der Waals surface area contributed by atoms with Gasteiger partial charge < -0.3 is 10.4 Å². The molecule has 0 spiro atoms. The summed E-state index contributed by atoms with van der Waals surface area (Å²) in [6, 6.07) is 8.37. The second kappa shape index (κ2) is 14.9. The van der Waals surface area contributed by atoms with Crippen molar-refractivity contribution in [3.8, 4) is 0 Å². The zero-order valence-electron chi connectivity index (χ0n) is 17.8. The van der Waals surface area contributed by atoms with E-state index in [1.165, 1.54) is 5.56 Å². The second-order valence-electron chi connectivity index (χ2n) is 7.01. The van der Waals surface area contributed by atoms with Crippen LogP contribution in [-0.4, -0.2) is 17.1 Å². The normalized spacial score (nSPS) is 13.4. The number of unbranched alkanes of at least 4 members (excludes halogenated alkanes) is 1. The maximum atomic E-state index is 12.1. The molecule has 28 heavy (non-hydrogen) atoms. The molecule has 0 aliphatic carbocycles. The van der Waals surface area contributed by atoms with E-state index in [0.29, 0.717) is 6.54 Å². The van der Waals surface area contributed by atoms with Gasteiger partial charge in [0, 0.05) is 6.54 Å². The number of aryl methyl sites for hydroxylation is 1. The minimum Gasteiger partial charge on any atom is -0.388 e. The molecular weight excluding hydrogens is 346 g/mol. The van der Waals surface area contributed by atoms with E-state index in [4.69, 9.17) is 0 Å². The van der Waals surface area contributed by atoms with Crippen molar-refractivity contribution in [3.05, 3.63) is 71.3 Å². The van der Waals surface area contributed by atoms with Crippen LogP contribution in [0.25, 0.3) is 0 Å². The largest absolute Gasteiger partial charge is 0.388 e. The summed E-state index contributed by atoms with van der Waals surface area (Å²) in [5.41, 5.74) is 3.34. The molecule has 0 aliphatic heterocycles. The molecule has 1 atom stereocenters. The summed E-state index contributed by atoms with van der Waals surface area (Å²) in [4.78, 5) is 12.1. The van der Waals surface area contributed by atoms with Crippen LogP contribution in [0.4, 0.5) is 0 Å². The van der Waals surface area contributed by atoms with Crippen molar-refractivity contribution in [3.63, 3.8) is 0 Å². The summed E-state index contributed by atoms with van der Waals surface area (Å²) < 4.78 is 0. The van der Waals surface area contributed by atoms with E-state index in [2.05, 4.69) is 48.7 Å². The van der Waals surface area contributed by atoms with Gasteiger partial charge in [-0.25, -0.2) is 0 Å². The summed E-state index contributed by atoms with van der Waals surface area (Å²) in [5, 5.41) is 13.1. The van der Waals surface area contributed by atoms with Gasteiger partial charge in [0.25, 0.3) is 0 Å². The Kier molecular flexibility index (Phi) is 12.7. The minimum absolute atomic E-state index is 0.112. The fourth-order valence-corrected chi connectivity index (χ4v) is 3.07. The van der Waals surface area contributed by atoms with Crippen molar-refractivity contribution in [1.29, 1.82) is 0 Å². The van der Waals surface area contributed by atoms with Crippen molar-refractivity contribution >= 4 is 5.91 Å². The SMILES string of the molecule is CC/C=C\C=C/CCCc1cccc(CNC(=O)CC(O)/C(=C/CC)CC)c1. The number of allylic oxidation sites excluding steroid dienone is 5. The molecule has 0 saturated carbocycles. The summed E-state index contributed by atoms with van der Waals surface area (Å²) in [6.07, 6.45) is 16.0. The quantitative estimate of drug-likeness (QED) is 0.263. The number of aliphatic hydroxyl groups is 1. The third-order valence-corrected chi connectivity index (χ3v) is 4.62. The topological polar surface area (TPSA) is 49.3 Å². The van der Waals surface area contributed by atoms with Crippen molar-refractivity contribution in [2.24, 2.45) is 0 Å². The Bertz CT molecular complexity index is 658. The molecule has 1 rings (SSSR count). The Morgan fingerprint density at radius 3 is 2.57 bits per heavy atom. The molecule has 3 nitrogen and oxygen atoms in total. The third-order valence-electron chi connectivity index (χ3n) is 4.62. The summed E-state index contributed by atoms with van der Waals surface area (Å²) in [5.74, 6) is -0.112. The molecule has 2 N–H and O–H groups in total. The highest BCUT2D eigenvalue weighted by Crippen LogP contribution is 2.12. The monoisotopic (exact) mass is 383 g/mol. The van der Waals surface area contributed by atoms with E-state index in [9.17, 15) is 9.90 Å². The highest BCUT2D eigenvalue weighted by atomic mass is 16.3. The summed E-state index contributed by atoms with van der Waals surface area (Å²) >= 11 is 0. The number of hydrogen-bond donors (Lipinski definition) is 2. The predicted molar refractivity (Wildman–Crippen MR) is 119 cm³/mol. The molecule has 3 heteroatoms. The van der Waals surface area contributed by atoms with Gasteiger partial charge in [-0.1, -0.05) is 75.4 Å². The number of nitrogens with one attached hydrogen (secondary N) is 1. The Morgan fingerprint density at radius 2 is 1.86 bits per heavy atom. The van der Waals surface area contributed by atoms with E-state index >= 15 is 0 Å². The smallest absolute Gasteiger partial charge is 0.223 e. The highest BCUT2D eigenvalue weighted by Gasteiger charge is 2.13. The van der Waals surface area contributed by atoms with Gasteiger partial charge in [-0.05, 0) is 55.2 Å². The number of aliphatic hydroxyl groups excluding tert-OH is 1. The molecule has 0 fully saturated rings. The number of amides is 1. The molecule has 1 unspecified atom stereocenters. The van der Waals surface area contributed by atoms with Gasteiger partial charge in [0.15, 0.2) is 0 Å². The lowest BCUT2D eigenvalue weighted by atomic mass is 10.0. The number of benzene rings is 1. The molecule has 1 aromatic carbocycles. The van der Waals surface area contributed by atoms with Crippen LogP contribution in [0.5, 0.6) is 0 Å². The van der Waals surface area contributed by atoms with Gasteiger partial charge >= 0.3 is 0 Å². The van der Waals surface area contributed by atoms with Crippen molar-refractivity contribution in [2.75, 3.05) is 0 Å². The fraction of sp³-hybridized carbons (Fsp3) is 0.480. The van der Waals surface area contributed by atoms with Crippen LogP contribution >= 0.6 is 0 Å². The third kappa shape index (κ3) is 10.3. The summed E-state index contributed by atoms with van der Waals surface area (Å²) in [7, 11) is 0. The zero-order valence-corrected chi connectivity index (χ0v) is 17.8. The molecule has 0 saturated heterocycles. The van der Waals surface area contributed by atoms with Crippen LogP contribution in [-0.2, 0) is 17.8 Å². The van der Waals surface area contributed by atoms with Gasteiger partial charge in [-0.3, -0.25) is 4.79 Å². The lowest BCUT2D eigenvalue weighted by molar-refractivity contribution is -0.122. The van der Waals surface area contributed by atoms with Gasteiger partial charge in [0.2, 0.25) is 5.91 Å². The zero-order chi connectivity index (χ0) is 20.6. The first kappa shape index (κ1) is 23.9. The molecule has 1 aromatic rings. The van der Waals surface area contributed by atoms with Crippen LogP contribution in [0.3, 0.4) is 0 Å². The maximum Gasteiger partial charge on any atom is 0.223 e. The van der Waals surface area contributed by atoms with E-state index < -0.39 is 6.10 Å². The minimum atomic E-state index is -0.684.